The number of aromatic nitrogens is 1. The molecular weight excluding hydrogens is 530 g/mol. The van der Waals surface area contributed by atoms with Gasteiger partial charge in [-0.25, -0.2) is 9.79 Å². The first-order valence-electron chi connectivity index (χ1n) is 12.8. The topological polar surface area (TPSA) is 107 Å². The second-order valence-electron chi connectivity index (χ2n) is 9.30. The Labute approximate surface area is 234 Å². The average molecular weight is 558 g/mol. The molecule has 0 saturated carbocycles. The largest absolute Gasteiger partial charge is 0.458 e. The zero-order valence-electron chi connectivity index (χ0n) is 22.3. The zero-order chi connectivity index (χ0) is 28.6. The van der Waals surface area contributed by atoms with Gasteiger partial charge in [0.1, 0.15) is 16.9 Å². The number of esters is 2. The second kappa shape index (κ2) is 10.9. The molecule has 2 aromatic carbocycles. The van der Waals surface area contributed by atoms with Crippen LogP contribution >= 0.6 is 11.3 Å². The minimum atomic E-state index is -0.882. The molecular formula is C30H27N3O6S. The summed E-state index contributed by atoms with van der Waals surface area (Å²) in [6, 6.07) is 13.1. The standard InChI is InChI=1S/C30H27N3O6S/c1-5-15-32-22-10-8-7-9-21(22)24(27(32)35)26-28(36)33-25(19-11-13-20(14-12-19)39-18(4)34)23(29(37)38-16-6-2)17(3)31-30(33)40-26/h6-14,25H,2,5,15-16H2,1,3-4H3/b26-24-/t25-/m1/s1. The summed E-state index contributed by atoms with van der Waals surface area (Å²) in [5.74, 6) is -1.02. The SMILES string of the molecule is C=CCOC(=O)C1=C(C)N=c2s/c(=C3\C(=O)N(CCC)c4ccccc43)c(=O)n2[C@@H]1c1ccc(OC(C)=O)cc1. The number of para-hydroxylation sites is 1. The van der Waals surface area contributed by atoms with Crippen LogP contribution in [0.25, 0.3) is 5.57 Å². The van der Waals surface area contributed by atoms with Gasteiger partial charge >= 0.3 is 11.9 Å². The van der Waals surface area contributed by atoms with Crippen molar-refractivity contribution in [2.75, 3.05) is 18.1 Å². The summed E-state index contributed by atoms with van der Waals surface area (Å²) in [6.07, 6.45) is 2.21. The summed E-state index contributed by atoms with van der Waals surface area (Å²) in [5.41, 5.74) is 2.51. The number of ether oxygens (including phenoxy) is 2. The lowest BCUT2D eigenvalue weighted by Gasteiger charge is -2.24. The number of hydrogen-bond acceptors (Lipinski definition) is 8. The van der Waals surface area contributed by atoms with E-state index in [4.69, 9.17) is 9.47 Å². The van der Waals surface area contributed by atoms with Crippen LogP contribution in [0.1, 0.15) is 44.4 Å². The van der Waals surface area contributed by atoms with Crippen molar-refractivity contribution in [1.29, 1.82) is 0 Å². The van der Waals surface area contributed by atoms with Crippen molar-refractivity contribution in [3.63, 3.8) is 0 Å². The molecule has 0 spiro atoms. The summed E-state index contributed by atoms with van der Waals surface area (Å²) in [5, 5.41) is 0. The maximum Gasteiger partial charge on any atom is 0.338 e. The molecule has 0 aliphatic carbocycles. The van der Waals surface area contributed by atoms with Crippen molar-refractivity contribution < 1.29 is 23.9 Å². The number of nitrogens with zero attached hydrogens (tertiary/aromatic N) is 3. The van der Waals surface area contributed by atoms with Gasteiger partial charge in [-0.1, -0.05) is 61.2 Å². The van der Waals surface area contributed by atoms with Crippen LogP contribution in [0, 0.1) is 0 Å². The lowest BCUT2D eigenvalue weighted by molar-refractivity contribution is -0.138. The lowest BCUT2D eigenvalue weighted by Crippen LogP contribution is -2.41. The number of rotatable bonds is 7. The molecule has 0 fully saturated rings. The van der Waals surface area contributed by atoms with E-state index in [-0.39, 0.29) is 22.6 Å². The number of benzene rings is 2. The molecule has 5 rings (SSSR count). The van der Waals surface area contributed by atoms with E-state index in [1.165, 1.54) is 17.6 Å². The fourth-order valence-electron chi connectivity index (χ4n) is 4.99. The smallest absolute Gasteiger partial charge is 0.338 e. The van der Waals surface area contributed by atoms with Crippen molar-refractivity contribution >= 4 is 40.4 Å². The molecule has 1 aromatic heterocycles. The summed E-state index contributed by atoms with van der Waals surface area (Å²) >= 11 is 1.12. The van der Waals surface area contributed by atoms with Crippen LogP contribution in [0.3, 0.4) is 0 Å². The van der Waals surface area contributed by atoms with Crippen LogP contribution in [0.2, 0.25) is 0 Å². The highest BCUT2D eigenvalue weighted by atomic mass is 32.1. The van der Waals surface area contributed by atoms with Gasteiger partial charge in [-0.2, -0.15) is 0 Å². The molecule has 204 valence electrons. The van der Waals surface area contributed by atoms with Gasteiger partial charge in [-0.05, 0) is 37.1 Å². The lowest BCUT2D eigenvalue weighted by atomic mass is 9.96. The molecule has 40 heavy (non-hydrogen) atoms. The minimum Gasteiger partial charge on any atom is -0.458 e. The predicted octanol–water partition coefficient (Wildman–Crippen LogP) is 3.02. The third-order valence-electron chi connectivity index (χ3n) is 6.60. The summed E-state index contributed by atoms with van der Waals surface area (Å²) in [4.78, 5) is 59.1. The highest BCUT2D eigenvalue weighted by molar-refractivity contribution is 7.07. The van der Waals surface area contributed by atoms with Crippen molar-refractivity contribution in [3.05, 3.63) is 103 Å². The van der Waals surface area contributed by atoms with Gasteiger partial charge < -0.3 is 14.4 Å². The molecule has 10 heteroatoms. The summed E-state index contributed by atoms with van der Waals surface area (Å²) < 4.78 is 12.2. The summed E-state index contributed by atoms with van der Waals surface area (Å²) in [7, 11) is 0. The molecule has 0 unspecified atom stereocenters. The van der Waals surface area contributed by atoms with E-state index in [2.05, 4.69) is 11.6 Å². The number of fused-ring (bicyclic) bond motifs is 2. The number of amides is 1. The van der Waals surface area contributed by atoms with E-state index in [1.54, 1.807) is 36.1 Å². The molecule has 0 saturated heterocycles. The number of carbonyl (C=O) groups excluding carboxylic acids is 3. The van der Waals surface area contributed by atoms with E-state index in [0.717, 1.165) is 23.4 Å². The van der Waals surface area contributed by atoms with Crippen LogP contribution < -0.4 is 24.5 Å². The van der Waals surface area contributed by atoms with E-state index in [9.17, 15) is 19.2 Å². The van der Waals surface area contributed by atoms with Crippen LogP contribution in [0.15, 0.2) is 82.2 Å². The minimum absolute atomic E-state index is 0.0131. The fourth-order valence-corrected chi connectivity index (χ4v) is 6.13. The molecule has 2 aliphatic rings. The number of anilines is 1. The average Bonchev–Trinajstić information content (AvgIpc) is 3.39. The first-order chi connectivity index (χ1) is 19.3. The van der Waals surface area contributed by atoms with E-state index in [1.807, 2.05) is 31.2 Å². The molecule has 0 radical (unpaired) electrons. The van der Waals surface area contributed by atoms with Crippen molar-refractivity contribution in [1.82, 2.24) is 4.57 Å². The van der Waals surface area contributed by atoms with Gasteiger partial charge in [0.25, 0.3) is 11.5 Å². The third-order valence-corrected chi connectivity index (χ3v) is 7.66. The van der Waals surface area contributed by atoms with E-state index >= 15 is 0 Å². The van der Waals surface area contributed by atoms with Crippen LogP contribution in [0.5, 0.6) is 5.75 Å². The predicted molar refractivity (Wildman–Crippen MR) is 151 cm³/mol. The van der Waals surface area contributed by atoms with Gasteiger partial charge in [0.05, 0.1) is 28.6 Å². The maximum absolute atomic E-state index is 14.2. The maximum atomic E-state index is 14.2. The van der Waals surface area contributed by atoms with Crippen LogP contribution in [-0.4, -0.2) is 35.6 Å². The van der Waals surface area contributed by atoms with Gasteiger partial charge in [0, 0.05) is 19.0 Å². The first-order valence-corrected chi connectivity index (χ1v) is 13.6. The van der Waals surface area contributed by atoms with Gasteiger partial charge in [-0.3, -0.25) is 19.0 Å². The Morgan fingerprint density at radius 1 is 1.12 bits per heavy atom. The van der Waals surface area contributed by atoms with Crippen molar-refractivity contribution in [2.45, 2.75) is 33.2 Å². The van der Waals surface area contributed by atoms with Gasteiger partial charge in [0.15, 0.2) is 4.80 Å². The number of carbonyl (C=O) groups is 3. The molecule has 1 amide bonds. The Kier molecular flexibility index (Phi) is 7.36. The van der Waals surface area contributed by atoms with E-state index < -0.39 is 23.5 Å². The molecule has 1 atom stereocenters. The number of allylic oxidation sites excluding steroid dienone is 1. The Hall–Kier alpha value is -4.57. The molecule has 0 bridgehead atoms. The third kappa shape index (κ3) is 4.60. The highest BCUT2D eigenvalue weighted by Crippen LogP contribution is 2.36. The number of thiazole rings is 1. The van der Waals surface area contributed by atoms with Crippen LogP contribution in [-0.2, 0) is 19.1 Å². The molecule has 3 heterocycles. The first kappa shape index (κ1) is 27.0. The zero-order valence-corrected chi connectivity index (χ0v) is 23.1. The Bertz CT molecular complexity index is 1760. The van der Waals surface area contributed by atoms with Crippen molar-refractivity contribution in [3.8, 4) is 5.75 Å². The second-order valence-corrected chi connectivity index (χ2v) is 10.3. The molecule has 0 N–H and O–H groups in total. The van der Waals surface area contributed by atoms with Crippen molar-refractivity contribution in [2.24, 2.45) is 4.99 Å². The molecule has 3 aromatic rings. The van der Waals surface area contributed by atoms with Crippen LogP contribution in [0.4, 0.5) is 5.69 Å². The number of hydrogen-bond donors (Lipinski definition) is 0. The summed E-state index contributed by atoms with van der Waals surface area (Å²) in [6.45, 7) is 9.08. The van der Waals surface area contributed by atoms with E-state index in [0.29, 0.717) is 39.5 Å². The molecule has 9 nitrogen and oxygen atoms in total. The highest BCUT2D eigenvalue weighted by Gasteiger charge is 2.37. The van der Waals surface area contributed by atoms with Gasteiger partial charge in [-0.15, -0.1) is 0 Å². The quantitative estimate of drug-likeness (QED) is 0.251. The van der Waals surface area contributed by atoms with Gasteiger partial charge in [0.2, 0.25) is 0 Å². The fraction of sp³-hybridized carbons (Fsp3) is 0.233. The normalized spacial score (nSPS) is 17.2. The Balaban J connectivity index is 1.75. The Morgan fingerprint density at radius 3 is 2.52 bits per heavy atom. The molecule has 2 aliphatic heterocycles. The monoisotopic (exact) mass is 557 g/mol. The Morgan fingerprint density at radius 2 is 1.85 bits per heavy atom.